The highest BCUT2D eigenvalue weighted by molar-refractivity contribution is 7.21. The van der Waals surface area contributed by atoms with E-state index in [9.17, 15) is 0 Å². The molecule has 0 aliphatic carbocycles. The largest absolute Gasteiger partial charge is 0.438 e. The van der Waals surface area contributed by atoms with Gasteiger partial charge < -0.3 is 14.1 Å². The van der Waals surface area contributed by atoms with Crippen LogP contribution in [0.15, 0.2) is 40.8 Å². The lowest BCUT2D eigenvalue weighted by Gasteiger charge is -2.26. The SMILES string of the molecule is c1ccc2sc(-c3ccc(N4CCOCC4)o3)nc2c1. The fourth-order valence-corrected chi connectivity index (χ4v) is 3.30. The highest BCUT2D eigenvalue weighted by Gasteiger charge is 2.16. The standard InChI is InChI=1S/C15H14N2O2S/c1-2-4-13-11(3-1)16-15(20-13)12-5-6-14(19-12)17-7-9-18-10-8-17/h1-6H,7-10H2. The molecule has 4 nitrogen and oxygen atoms in total. The summed E-state index contributed by atoms with van der Waals surface area (Å²) in [6.07, 6.45) is 0. The van der Waals surface area contributed by atoms with Gasteiger partial charge in [0.05, 0.1) is 23.4 Å². The van der Waals surface area contributed by atoms with Crippen LogP contribution in [0.3, 0.4) is 0 Å². The first-order valence-corrected chi connectivity index (χ1v) is 7.50. The van der Waals surface area contributed by atoms with E-state index in [1.807, 2.05) is 30.3 Å². The normalized spacial score (nSPS) is 15.9. The Bertz CT molecular complexity index is 695. The number of thiazole rings is 1. The van der Waals surface area contributed by atoms with Gasteiger partial charge in [-0.2, -0.15) is 0 Å². The number of fused-ring (bicyclic) bond motifs is 1. The maximum Gasteiger partial charge on any atom is 0.196 e. The minimum Gasteiger partial charge on any atom is -0.438 e. The highest BCUT2D eigenvalue weighted by atomic mass is 32.1. The van der Waals surface area contributed by atoms with E-state index in [1.54, 1.807) is 11.3 Å². The maximum absolute atomic E-state index is 5.96. The summed E-state index contributed by atoms with van der Waals surface area (Å²) in [5.74, 6) is 1.75. The number of benzene rings is 1. The van der Waals surface area contributed by atoms with E-state index in [0.717, 1.165) is 48.5 Å². The van der Waals surface area contributed by atoms with Crippen molar-refractivity contribution < 1.29 is 9.15 Å². The summed E-state index contributed by atoms with van der Waals surface area (Å²) >= 11 is 1.66. The highest BCUT2D eigenvalue weighted by Crippen LogP contribution is 2.33. The molecular formula is C15H14N2O2S. The van der Waals surface area contributed by atoms with E-state index in [2.05, 4.69) is 16.0 Å². The van der Waals surface area contributed by atoms with Gasteiger partial charge in [-0.3, -0.25) is 0 Å². The second-order valence-electron chi connectivity index (χ2n) is 4.72. The Labute approximate surface area is 120 Å². The number of rotatable bonds is 2. The Morgan fingerprint density at radius 3 is 2.75 bits per heavy atom. The summed E-state index contributed by atoms with van der Waals surface area (Å²) < 4.78 is 12.5. The van der Waals surface area contributed by atoms with E-state index in [4.69, 9.17) is 9.15 Å². The number of morpholine rings is 1. The molecule has 4 rings (SSSR count). The van der Waals surface area contributed by atoms with Crippen molar-refractivity contribution in [3.05, 3.63) is 36.4 Å². The molecule has 0 amide bonds. The van der Waals surface area contributed by atoms with Crippen LogP contribution in [0.25, 0.3) is 21.0 Å². The molecule has 2 aromatic heterocycles. The topological polar surface area (TPSA) is 38.5 Å². The van der Waals surface area contributed by atoms with Gasteiger partial charge in [-0.15, -0.1) is 11.3 Å². The monoisotopic (exact) mass is 286 g/mol. The average molecular weight is 286 g/mol. The molecule has 0 spiro atoms. The molecule has 0 bridgehead atoms. The van der Waals surface area contributed by atoms with E-state index in [0.29, 0.717) is 0 Å². The number of aromatic nitrogens is 1. The number of ether oxygens (including phenoxy) is 1. The van der Waals surface area contributed by atoms with Crippen LogP contribution in [0.2, 0.25) is 0 Å². The number of hydrogen-bond acceptors (Lipinski definition) is 5. The van der Waals surface area contributed by atoms with Crippen molar-refractivity contribution in [2.24, 2.45) is 0 Å². The third kappa shape index (κ3) is 2.09. The molecule has 1 aliphatic rings. The van der Waals surface area contributed by atoms with Gasteiger partial charge in [-0.25, -0.2) is 4.98 Å². The second kappa shape index (κ2) is 4.92. The fraction of sp³-hybridized carbons (Fsp3) is 0.267. The molecule has 20 heavy (non-hydrogen) atoms. The summed E-state index contributed by atoms with van der Waals surface area (Å²) in [6, 6.07) is 12.2. The third-order valence-corrected chi connectivity index (χ3v) is 4.47. The third-order valence-electron chi connectivity index (χ3n) is 3.42. The van der Waals surface area contributed by atoms with E-state index >= 15 is 0 Å². The number of anilines is 1. The van der Waals surface area contributed by atoms with Crippen LogP contribution in [-0.4, -0.2) is 31.3 Å². The molecular weight excluding hydrogens is 272 g/mol. The van der Waals surface area contributed by atoms with Gasteiger partial charge in [-0.1, -0.05) is 12.1 Å². The van der Waals surface area contributed by atoms with Gasteiger partial charge in [0, 0.05) is 19.2 Å². The van der Waals surface area contributed by atoms with Crippen molar-refractivity contribution in [2.75, 3.05) is 31.2 Å². The first kappa shape index (κ1) is 11.9. The Hall–Kier alpha value is -1.85. The van der Waals surface area contributed by atoms with Crippen LogP contribution < -0.4 is 4.90 Å². The lowest BCUT2D eigenvalue weighted by atomic mass is 10.3. The van der Waals surface area contributed by atoms with Crippen LogP contribution >= 0.6 is 11.3 Å². The smallest absolute Gasteiger partial charge is 0.196 e. The number of para-hydroxylation sites is 1. The quantitative estimate of drug-likeness (QED) is 0.724. The number of hydrogen-bond donors (Lipinski definition) is 0. The van der Waals surface area contributed by atoms with Crippen molar-refractivity contribution in [1.29, 1.82) is 0 Å². The second-order valence-corrected chi connectivity index (χ2v) is 5.75. The van der Waals surface area contributed by atoms with E-state index in [-0.39, 0.29) is 0 Å². The summed E-state index contributed by atoms with van der Waals surface area (Å²) in [5, 5.41) is 0.936. The molecule has 1 fully saturated rings. The molecule has 0 radical (unpaired) electrons. The molecule has 0 atom stereocenters. The molecule has 3 heterocycles. The average Bonchev–Trinajstić information content (AvgIpc) is 3.14. The molecule has 1 aromatic carbocycles. The Kier molecular flexibility index (Phi) is 2.94. The van der Waals surface area contributed by atoms with Crippen molar-refractivity contribution in [3.63, 3.8) is 0 Å². The Morgan fingerprint density at radius 1 is 1.05 bits per heavy atom. The van der Waals surface area contributed by atoms with Crippen molar-refractivity contribution >= 4 is 27.4 Å². The molecule has 5 heteroatoms. The lowest BCUT2D eigenvalue weighted by Crippen LogP contribution is -2.35. The lowest BCUT2D eigenvalue weighted by molar-refractivity contribution is 0.121. The Balaban J connectivity index is 1.66. The van der Waals surface area contributed by atoms with Crippen molar-refractivity contribution in [3.8, 4) is 10.8 Å². The molecule has 0 unspecified atom stereocenters. The summed E-state index contributed by atoms with van der Waals surface area (Å²) in [4.78, 5) is 6.83. The van der Waals surface area contributed by atoms with Crippen LogP contribution in [0.1, 0.15) is 0 Å². The number of nitrogens with zero attached hydrogens (tertiary/aromatic N) is 2. The minimum absolute atomic E-state index is 0.761. The van der Waals surface area contributed by atoms with Crippen LogP contribution in [-0.2, 0) is 4.74 Å². The molecule has 0 saturated carbocycles. The van der Waals surface area contributed by atoms with Crippen LogP contribution in [0, 0.1) is 0 Å². The zero-order valence-electron chi connectivity index (χ0n) is 10.9. The van der Waals surface area contributed by atoms with Gasteiger partial charge in [-0.05, 0) is 18.2 Å². The molecule has 1 aliphatic heterocycles. The van der Waals surface area contributed by atoms with Gasteiger partial charge in [0.25, 0.3) is 0 Å². The van der Waals surface area contributed by atoms with Crippen LogP contribution in [0.4, 0.5) is 5.88 Å². The molecule has 102 valence electrons. The fourth-order valence-electron chi connectivity index (χ4n) is 2.37. The summed E-state index contributed by atoms with van der Waals surface area (Å²) in [7, 11) is 0. The first-order chi connectivity index (χ1) is 9.90. The predicted octanol–water partition coefficient (Wildman–Crippen LogP) is 3.39. The predicted molar refractivity (Wildman–Crippen MR) is 80.4 cm³/mol. The molecule has 0 N–H and O–H groups in total. The Morgan fingerprint density at radius 2 is 1.90 bits per heavy atom. The van der Waals surface area contributed by atoms with Crippen molar-refractivity contribution in [1.82, 2.24) is 4.98 Å². The van der Waals surface area contributed by atoms with E-state index < -0.39 is 0 Å². The molecule has 3 aromatic rings. The zero-order valence-corrected chi connectivity index (χ0v) is 11.7. The van der Waals surface area contributed by atoms with Gasteiger partial charge in [0.1, 0.15) is 0 Å². The van der Waals surface area contributed by atoms with Gasteiger partial charge in [0.15, 0.2) is 16.7 Å². The molecule has 1 saturated heterocycles. The first-order valence-electron chi connectivity index (χ1n) is 6.69. The van der Waals surface area contributed by atoms with Crippen molar-refractivity contribution in [2.45, 2.75) is 0 Å². The van der Waals surface area contributed by atoms with Gasteiger partial charge in [0.2, 0.25) is 0 Å². The zero-order chi connectivity index (χ0) is 13.4. The van der Waals surface area contributed by atoms with Crippen LogP contribution in [0.5, 0.6) is 0 Å². The maximum atomic E-state index is 5.96. The summed E-state index contributed by atoms with van der Waals surface area (Å²) in [6.45, 7) is 3.29. The number of furan rings is 1. The van der Waals surface area contributed by atoms with Gasteiger partial charge >= 0.3 is 0 Å². The summed E-state index contributed by atoms with van der Waals surface area (Å²) in [5.41, 5.74) is 1.02. The van der Waals surface area contributed by atoms with E-state index in [1.165, 1.54) is 4.70 Å². The minimum atomic E-state index is 0.761.